The van der Waals surface area contributed by atoms with Gasteiger partial charge in [0.2, 0.25) is 0 Å². The molecule has 0 aromatic carbocycles. The Hall–Kier alpha value is 0.660. The molecular formula is C7H16OS2. The number of thioether (sulfide) groups is 2. The van der Waals surface area contributed by atoms with Gasteiger partial charge in [0.05, 0.1) is 6.61 Å². The predicted octanol–water partition coefficient (Wildman–Crippen LogP) is 1.86. The Labute approximate surface area is 72.0 Å². The van der Waals surface area contributed by atoms with Crippen molar-refractivity contribution >= 4 is 23.5 Å². The van der Waals surface area contributed by atoms with Crippen molar-refractivity contribution < 1.29 is 5.11 Å². The van der Waals surface area contributed by atoms with Crippen LogP contribution in [0, 0.1) is 0 Å². The first-order valence-electron chi connectivity index (χ1n) is 3.59. The lowest BCUT2D eigenvalue weighted by atomic mass is 10.4. The smallest absolute Gasteiger partial charge is 0.0521 e. The van der Waals surface area contributed by atoms with E-state index in [1.165, 1.54) is 24.3 Å². The van der Waals surface area contributed by atoms with Gasteiger partial charge in [-0.15, -0.1) is 0 Å². The third-order valence-corrected chi connectivity index (χ3v) is 2.87. The zero-order valence-electron chi connectivity index (χ0n) is 6.51. The minimum absolute atomic E-state index is 0.327. The number of hydrogen-bond donors (Lipinski definition) is 1. The third kappa shape index (κ3) is 8.66. The monoisotopic (exact) mass is 180 g/mol. The van der Waals surface area contributed by atoms with Crippen molar-refractivity contribution in [2.75, 3.05) is 30.1 Å². The highest BCUT2D eigenvalue weighted by molar-refractivity contribution is 7.99. The van der Waals surface area contributed by atoms with Gasteiger partial charge < -0.3 is 5.11 Å². The zero-order chi connectivity index (χ0) is 7.66. The summed E-state index contributed by atoms with van der Waals surface area (Å²) in [6, 6.07) is 0. The Balaban J connectivity index is 2.65. The van der Waals surface area contributed by atoms with Crippen LogP contribution in [0.15, 0.2) is 0 Å². The van der Waals surface area contributed by atoms with Crippen LogP contribution >= 0.6 is 23.5 Å². The average Bonchev–Trinajstić information content (AvgIpc) is 1.97. The van der Waals surface area contributed by atoms with E-state index in [4.69, 9.17) is 5.11 Å². The van der Waals surface area contributed by atoms with Gasteiger partial charge in [-0.2, -0.15) is 23.5 Å². The highest BCUT2D eigenvalue weighted by Crippen LogP contribution is 2.05. The summed E-state index contributed by atoms with van der Waals surface area (Å²) in [5, 5.41) is 8.44. The molecule has 10 heavy (non-hydrogen) atoms. The van der Waals surface area contributed by atoms with Crippen LogP contribution in [0.4, 0.5) is 0 Å². The van der Waals surface area contributed by atoms with Gasteiger partial charge in [0.25, 0.3) is 0 Å². The van der Waals surface area contributed by atoms with Crippen molar-refractivity contribution in [1.82, 2.24) is 0 Å². The lowest BCUT2D eigenvalue weighted by molar-refractivity contribution is 0.322. The fraction of sp³-hybridized carbons (Fsp3) is 1.00. The second-order valence-corrected chi connectivity index (χ2v) is 4.25. The van der Waals surface area contributed by atoms with Crippen molar-refractivity contribution in [3.8, 4) is 0 Å². The van der Waals surface area contributed by atoms with E-state index in [2.05, 4.69) is 6.26 Å². The van der Waals surface area contributed by atoms with E-state index in [0.29, 0.717) is 6.61 Å². The third-order valence-electron chi connectivity index (χ3n) is 1.12. The van der Waals surface area contributed by atoms with Crippen LogP contribution in [0.5, 0.6) is 0 Å². The van der Waals surface area contributed by atoms with Gasteiger partial charge in [0.15, 0.2) is 0 Å². The van der Waals surface area contributed by atoms with Gasteiger partial charge >= 0.3 is 0 Å². The summed E-state index contributed by atoms with van der Waals surface area (Å²) in [5.41, 5.74) is 0. The second kappa shape index (κ2) is 9.66. The number of unbranched alkanes of at least 4 members (excludes halogenated alkanes) is 1. The molecule has 0 amide bonds. The Kier molecular flexibility index (Phi) is 10.3. The molecule has 1 N–H and O–H groups in total. The van der Waals surface area contributed by atoms with E-state index in [0.717, 1.165) is 5.75 Å². The van der Waals surface area contributed by atoms with Crippen LogP contribution in [-0.4, -0.2) is 35.2 Å². The van der Waals surface area contributed by atoms with Crippen molar-refractivity contribution in [2.45, 2.75) is 12.8 Å². The largest absolute Gasteiger partial charge is 0.396 e. The van der Waals surface area contributed by atoms with Crippen molar-refractivity contribution in [3.63, 3.8) is 0 Å². The summed E-state index contributed by atoms with van der Waals surface area (Å²) in [6.07, 6.45) is 4.76. The van der Waals surface area contributed by atoms with Crippen LogP contribution in [0.3, 0.4) is 0 Å². The maximum absolute atomic E-state index is 8.44. The van der Waals surface area contributed by atoms with E-state index in [1.807, 2.05) is 23.5 Å². The van der Waals surface area contributed by atoms with Gasteiger partial charge in [0.1, 0.15) is 0 Å². The van der Waals surface area contributed by atoms with Crippen LogP contribution in [-0.2, 0) is 0 Å². The highest BCUT2D eigenvalue weighted by Gasteiger charge is 1.88. The van der Waals surface area contributed by atoms with E-state index in [-0.39, 0.29) is 0 Å². The molecule has 0 aliphatic heterocycles. The van der Waals surface area contributed by atoms with Gasteiger partial charge in [-0.25, -0.2) is 0 Å². The summed E-state index contributed by atoms with van der Waals surface area (Å²) < 4.78 is 0. The maximum Gasteiger partial charge on any atom is 0.0521 e. The Bertz CT molecular complexity index is 51.6. The average molecular weight is 180 g/mol. The second-order valence-electron chi connectivity index (χ2n) is 2.04. The first kappa shape index (κ1) is 10.7. The molecule has 0 radical (unpaired) electrons. The van der Waals surface area contributed by atoms with Crippen molar-refractivity contribution in [1.29, 1.82) is 0 Å². The fourth-order valence-electron chi connectivity index (χ4n) is 0.617. The summed E-state index contributed by atoms with van der Waals surface area (Å²) in [4.78, 5) is 0. The minimum Gasteiger partial charge on any atom is -0.396 e. The summed E-state index contributed by atoms with van der Waals surface area (Å²) >= 11 is 3.75. The quantitative estimate of drug-likeness (QED) is 0.604. The zero-order valence-corrected chi connectivity index (χ0v) is 8.14. The molecule has 3 heteroatoms. The molecule has 0 heterocycles. The Morgan fingerprint density at radius 3 is 2.40 bits per heavy atom. The van der Waals surface area contributed by atoms with E-state index in [1.54, 1.807) is 0 Å². The molecule has 0 atom stereocenters. The minimum atomic E-state index is 0.327. The normalized spacial score (nSPS) is 10.2. The predicted molar refractivity (Wildman–Crippen MR) is 52.0 cm³/mol. The molecule has 0 rings (SSSR count). The molecule has 0 bridgehead atoms. The molecule has 0 aliphatic rings. The topological polar surface area (TPSA) is 20.2 Å². The lowest BCUT2D eigenvalue weighted by Gasteiger charge is -1.97. The number of aliphatic hydroxyl groups is 1. The fourth-order valence-corrected chi connectivity index (χ4v) is 1.85. The van der Waals surface area contributed by atoms with Crippen molar-refractivity contribution in [2.24, 2.45) is 0 Å². The molecule has 0 aliphatic carbocycles. The highest BCUT2D eigenvalue weighted by atomic mass is 32.2. The first-order valence-corrected chi connectivity index (χ1v) is 6.14. The summed E-state index contributed by atoms with van der Waals surface area (Å²) in [7, 11) is 0. The molecular weight excluding hydrogens is 164 g/mol. The first-order chi connectivity index (χ1) is 4.91. The van der Waals surface area contributed by atoms with E-state index in [9.17, 15) is 0 Å². The van der Waals surface area contributed by atoms with Gasteiger partial charge in [-0.1, -0.05) is 0 Å². The molecule has 0 saturated carbocycles. The molecule has 1 nitrogen and oxygen atoms in total. The van der Waals surface area contributed by atoms with Crippen LogP contribution < -0.4 is 0 Å². The summed E-state index contributed by atoms with van der Waals surface area (Å²) in [5.74, 6) is 3.39. The molecule has 0 aromatic heterocycles. The van der Waals surface area contributed by atoms with Gasteiger partial charge in [-0.05, 0) is 30.6 Å². The molecule has 0 unspecified atom stereocenters. The van der Waals surface area contributed by atoms with Crippen LogP contribution in [0.1, 0.15) is 12.8 Å². The Morgan fingerprint density at radius 2 is 1.80 bits per heavy atom. The van der Waals surface area contributed by atoms with Crippen LogP contribution in [0.2, 0.25) is 0 Å². The molecule has 0 saturated heterocycles. The molecule has 0 aromatic rings. The lowest BCUT2D eigenvalue weighted by Crippen LogP contribution is -1.89. The standard InChI is InChI=1S/C7H16OS2/c1-9-5-2-3-6-10-7-4-8/h8H,2-7H2,1H3. The molecule has 62 valence electrons. The number of aliphatic hydroxyl groups excluding tert-OH is 1. The Morgan fingerprint density at radius 1 is 1.10 bits per heavy atom. The molecule has 0 fully saturated rings. The van der Waals surface area contributed by atoms with Crippen molar-refractivity contribution in [3.05, 3.63) is 0 Å². The van der Waals surface area contributed by atoms with Crippen LogP contribution in [0.25, 0.3) is 0 Å². The molecule has 0 spiro atoms. The SMILES string of the molecule is CSCCCCSCCO. The van der Waals surface area contributed by atoms with Gasteiger partial charge in [-0.3, -0.25) is 0 Å². The van der Waals surface area contributed by atoms with E-state index < -0.39 is 0 Å². The summed E-state index contributed by atoms with van der Waals surface area (Å²) in [6.45, 7) is 0.327. The number of hydrogen-bond acceptors (Lipinski definition) is 3. The number of rotatable bonds is 7. The van der Waals surface area contributed by atoms with Gasteiger partial charge in [0, 0.05) is 5.75 Å². The van der Waals surface area contributed by atoms with E-state index >= 15 is 0 Å². The maximum atomic E-state index is 8.44.